The Balaban J connectivity index is 2.17. The molecule has 2 unspecified atom stereocenters. The van der Waals surface area contributed by atoms with E-state index in [1.54, 1.807) is 7.05 Å². The molecule has 128 valence electrons. The van der Waals surface area contributed by atoms with Crippen LogP contribution in [-0.2, 0) is 0 Å². The van der Waals surface area contributed by atoms with Crippen LogP contribution in [0.2, 0.25) is 0 Å². The highest BCUT2D eigenvalue weighted by Crippen LogP contribution is 2.29. The minimum absolute atomic E-state index is 0.262. The molecule has 1 aromatic heterocycles. The van der Waals surface area contributed by atoms with Gasteiger partial charge in [0.2, 0.25) is 0 Å². The van der Waals surface area contributed by atoms with Crippen molar-refractivity contribution in [2.75, 3.05) is 13.6 Å². The maximum Gasteiger partial charge on any atom is 0.140 e. The lowest BCUT2D eigenvalue weighted by atomic mass is 9.89. The van der Waals surface area contributed by atoms with Crippen molar-refractivity contribution in [2.45, 2.75) is 45.6 Å². The van der Waals surface area contributed by atoms with Crippen LogP contribution in [0.5, 0.6) is 5.75 Å². The Morgan fingerprint density at radius 1 is 1.39 bits per heavy atom. The van der Waals surface area contributed by atoms with Crippen molar-refractivity contribution >= 4 is 5.70 Å². The van der Waals surface area contributed by atoms with Crippen LogP contribution in [0.4, 0.5) is 0 Å². The summed E-state index contributed by atoms with van der Waals surface area (Å²) in [6.07, 6.45) is 5.04. The molecule has 0 saturated heterocycles. The number of rotatable bonds is 5. The lowest BCUT2D eigenvalue weighted by Gasteiger charge is -2.28. The summed E-state index contributed by atoms with van der Waals surface area (Å²) in [6, 6.07) is 3.80. The topological polar surface area (TPSA) is 103 Å². The smallest absolute Gasteiger partial charge is 0.140 e. The molecule has 1 aliphatic rings. The third kappa shape index (κ3) is 4.36. The van der Waals surface area contributed by atoms with E-state index >= 15 is 0 Å². The largest absolute Gasteiger partial charge is 0.489 e. The van der Waals surface area contributed by atoms with Gasteiger partial charge in [-0.05, 0) is 44.2 Å². The molecule has 6 nitrogen and oxygen atoms in total. The summed E-state index contributed by atoms with van der Waals surface area (Å²) in [4.78, 5) is 4.56. The van der Waals surface area contributed by atoms with E-state index in [2.05, 4.69) is 11.9 Å². The van der Waals surface area contributed by atoms with Gasteiger partial charge < -0.3 is 21.2 Å². The van der Waals surface area contributed by atoms with Crippen molar-refractivity contribution in [1.29, 1.82) is 0 Å². The molecule has 0 aliphatic heterocycles. The standard InChI is InChI=1S/C17H29N5O/c1-11-5-4-6-13(9-11)23-16-8-7-14(21-12(16)2)17(19)15(10-18)22(3)20/h7-8,11,13H,4-6,9-10,18-20H2,1-3H3/b17-15-. The Morgan fingerprint density at radius 2 is 2.13 bits per heavy atom. The number of aryl methyl sites for hydroxylation is 1. The minimum Gasteiger partial charge on any atom is -0.489 e. The highest BCUT2D eigenvalue weighted by molar-refractivity contribution is 5.63. The Morgan fingerprint density at radius 3 is 2.70 bits per heavy atom. The van der Waals surface area contributed by atoms with Gasteiger partial charge in [-0.1, -0.05) is 13.3 Å². The van der Waals surface area contributed by atoms with Gasteiger partial charge in [-0.25, -0.2) is 10.8 Å². The number of nitrogens with zero attached hydrogens (tertiary/aromatic N) is 2. The quantitative estimate of drug-likeness (QED) is 0.564. The molecule has 6 N–H and O–H groups in total. The van der Waals surface area contributed by atoms with E-state index in [-0.39, 0.29) is 12.6 Å². The van der Waals surface area contributed by atoms with E-state index in [0.717, 1.165) is 30.2 Å². The summed E-state index contributed by atoms with van der Waals surface area (Å²) in [7, 11) is 1.71. The summed E-state index contributed by atoms with van der Waals surface area (Å²) >= 11 is 0. The van der Waals surface area contributed by atoms with Crippen LogP contribution in [0.1, 0.15) is 44.0 Å². The van der Waals surface area contributed by atoms with E-state index in [0.29, 0.717) is 17.1 Å². The first-order chi connectivity index (χ1) is 10.9. The highest BCUT2D eigenvalue weighted by atomic mass is 16.5. The van der Waals surface area contributed by atoms with Gasteiger partial charge in [-0.3, -0.25) is 0 Å². The molecular formula is C17H29N5O. The van der Waals surface area contributed by atoms with Crippen LogP contribution < -0.4 is 22.0 Å². The fourth-order valence-electron chi connectivity index (χ4n) is 3.08. The second-order valence-corrected chi connectivity index (χ2v) is 6.47. The average molecular weight is 319 g/mol. The van der Waals surface area contributed by atoms with Crippen LogP contribution in [0, 0.1) is 12.8 Å². The van der Waals surface area contributed by atoms with E-state index in [1.807, 2.05) is 19.1 Å². The van der Waals surface area contributed by atoms with Crippen LogP contribution in [0.15, 0.2) is 17.8 Å². The van der Waals surface area contributed by atoms with Gasteiger partial charge in [0.25, 0.3) is 0 Å². The van der Waals surface area contributed by atoms with E-state index in [4.69, 9.17) is 22.0 Å². The van der Waals surface area contributed by atoms with Gasteiger partial charge in [0.05, 0.1) is 28.9 Å². The molecule has 23 heavy (non-hydrogen) atoms. The van der Waals surface area contributed by atoms with Crippen LogP contribution in [-0.4, -0.2) is 29.7 Å². The van der Waals surface area contributed by atoms with Crippen molar-refractivity contribution in [3.63, 3.8) is 0 Å². The highest BCUT2D eigenvalue weighted by Gasteiger charge is 2.21. The molecule has 2 atom stereocenters. The first kappa shape index (κ1) is 17.6. The monoisotopic (exact) mass is 319 g/mol. The third-order valence-corrected chi connectivity index (χ3v) is 4.43. The number of ether oxygens (including phenoxy) is 1. The van der Waals surface area contributed by atoms with Gasteiger partial charge in [0.15, 0.2) is 0 Å². The number of likely N-dealkylation sites (N-methyl/N-ethyl adjacent to an activating group) is 1. The van der Waals surface area contributed by atoms with Gasteiger partial charge in [-0.15, -0.1) is 0 Å². The molecular weight excluding hydrogens is 290 g/mol. The number of aromatic nitrogens is 1. The third-order valence-electron chi connectivity index (χ3n) is 4.43. The molecule has 0 amide bonds. The Hall–Kier alpha value is -1.79. The number of hydrazine groups is 1. The first-order valence-electron chi connectivity index (χ1n) is 8.24. The maximum atomic E-state index is 6.15. The minimum atomic E-state index is 0.262. The Kier molecular flexibility index (Phi) is 5.85. The summed E-state index contributed by atoms with van der Waals surface area (Å²) in [5, 5.41) is 1.43. The van der Waals surface area contributed by atoms with E-state index in [9.17, 15) is 0 Å². The summed E-state index contributed by atoms with van der Waals surface area (Å²) in [6.45, 7) is 4.48. The Labute approximate surface area is 138 Å². The van der Waals surface area contributed by atoms with Crippen LogP contribution >= 0.6 is 0 Å². The molecule has 1 saturated carbocycles. The predicted octanol–water partition coefficient (Wildman–Crippen LogP) is 1.74. The molecule has 1 aliphatic carbocycles. The molecule has 1 heterocycles. The fraction of sp³-hybridized carbons (Fsp3) is 0.588. The van der Waals surface area contributed by atoms with Gasteiger partial charge in [0, 0.05) is 13.6 Å². The number of pyridine rings is 1. The molecule has 0 radical (unpaired) electrons. The molecule has 1 fully saturated rings. The van der Waals surface area contributed by atoms with Gasteiger partial charge in [-0.2, -0.15) is 0 Å². The normalized spacial score (nSPS) is 22.5. The lowest BCUT2D eigenvalue weighted by molar-refractivity contribution is 0.128. The Bertz CT molecular complexity index is 570. The van der Waals surface area contributed by atoms with Crippen molar-refractivity contribution < 1.29 is 4.74 Å². The molecule has 0 spiro atoms. The second kappa shape index (κ2) is 7.66. The number of hydrogen-bond donors (Lipinski definition) is 3. The molecule has 0 bridgehead atoms. The van der Waals surface area contributed by atoms with Crippen molar-refractivity contribution in [3.05, 3.63) is 29.2 Å². The van der Waals surface area contributed by atoms with Crippen LogP contribution in [0.25, 0.3) is 5.70 Å². The number of nitrogens with two attached hydrogens (primary N) is 3. The molecule has 6 heteroatoms. The maximum absolute atomic E-state index is 6.15. The summed E-state index contributed by atoms with van der Waals surface area (Å²) < 4.78 is 6.15. The van der Waals surface area contributed by atoms with Crippen molar-refractivity contribution in [3.8, 4) is 5.75 Å². The lowest BCUT2D eigenvalue weighted by Crippen LogP contribution is -2.32. The zero-order chi connectivity index (χ0) is 17.0. The second-order valence-electron chi connectivity index (χ2n) is 6.47. The molecule has 1 aromatic rings. The number of hydrogen-bond acceptors (Lipinski definition) is 6. The van der Waals surface area contributed by atoms with E-state index in [1.165, 1.54) is 17.9 Å². The zero-order valence-electron chi connectivity index (χ0n) is 14.4. The van der Waals surface area contributed by atoms with Crippen molar-refractivity contribution in [2.24, 2.45) is 23.2 Å². The molecule has 0 aromatic carbocycles. The van der Waals surface area contributed by atoms with E-state index < -0.39 is 0 Å². The summed E-state index contributed by atoms with van der Waals surface area (Å²) in [5.41, 5.74) is 14.5. The predicted molar refractivity (Wildman–Crippen MR) is 93.1 cm³/mol. The average Bonchev–Trinajstić information content (AvgIpc) is 2.49. The zero-order valence-corrected chi connectivity index (χ0v) is 14.4. The van der Waals surface area contributed by atoms with Crippen LogP contribution in [0.3, 0.4) is 0 Å². The van der Waals surface area contributed by atoms with Gasteiger partial charge >= 0.3 is 0 Å². The SMILES string of the molecule is Cc1nc(/C(N)=C(\CN)N(C)N)ccc1OC1CCCC(C)C1. The fourth-order valence-corrected chi connectivity index (χ4v) is 3.08. The summed E-state index contributed by atoms with van der Waals surface area (Å²) in [5.74, 6) is 7.31. The van der Waals surface area contributed by atoms with Gasteiger partial charge in [0.1, 0.15) is 5.75 Å². The van der Waals surface area contributed by atoms with Crippen molar-refractivity contribution in [1.82, 2.24) is 9.99 Å². The first-order valence-corrected chi connectivity index (χ1v) is 8.24. The molecule has 2 rings (SSSR count).